The summed E-state index contributed by atoms with van der Waals surface area (Å²) in [6, 6.07) is 2.47. The van der Waals surface area contributed by atoms with Crippen LogP contribution in [0.25, 0.3) is 0 Å². The van der Waals surface area contributed by atoms with Crippen LogP contribution in [0.15, 0.2) is 18.2 Å². The number of hydrogen-bond donors (Lipinski definition) is 1. The number of hydrogen-bond acceptors (Lipinski definition) is 2. The molecule has 1 rings (SSSR count). The highest BCUT2D eigenvalue weighted by Crippen LogP contribution is 2.31. The summed E-state index contributed by atoms with van der Waals surface area (Å²) in [5.74, 6) is -0.897. The van der Waals surface area contributed by atoms with Gasteiger partial charge < -0.3 is 10.1 Å². The van der Waals surface area contributed by atoms with Gasteiger partial charge in [0.25, 0.3) is 0 Å². The van der Waals surface area contributed by atoms with Crippen LogP contribution in [0, 0.1) is 5.82 Å². The van der Waals surface area contributed by atoms with Gasteiger partial charge in [0.15, 0.2) is 0 Å². The van der Waals surface area contributed by atoms with Gasteiger partial charge in [-0.05, 0) is 31.0 Å². The molecule has 0 aliphatic carbocycles. The highest BCUT2D eigenvalue weighted by molar-refractivity contribution is 5.46. The third-order valence-electron chi connectivity index (χ3n) is 2.72. The fourth-order valence-electron chi connectivity index (χ4n) is 1.58. The molecule has 114 valence electrons. The lowest BCUT2D eigenvalue weighted by Gasteiger charge is -2.11. The summed E-state index contributed by atoms with van der Waals surface area (Å²) in [6.07, 6.45) is -1.79. The van der Waals surface area contributed by atoms with Gasteiger partial charge in [-0.2, -0.15) is 13.2 Å². The SMILES string of the molecule is CCCCOCCCNc1ccc(C(F)(F)F)cc1F. The maximum Gasteiger partial charge on any atom is 0.416 e. The van der Waals surface area contributed by atoms with Crippen LogP contribution in [0.2, 0.25) is 0 Å². The van der Waals surface area contributed by atoms with Crippen LogP contribution in [-0.2, 0) is 10.9 Å². The summed E-state index contributed by atoms with van der Waals surface area (Å²) in [7, 11) is 0. The van der Waals surface area contributed by atoms with Crippen molar-refractivity contribution in [3.8, 4) is 0 Å². The van der Waals surface area contributed by atoms with Crippen LogP contribution in [0.4, 0.5) is 23.2 Å². The van der Waals surface area contributed by atoms with Gasteiger partial charge in [0.05, 0.1) is 11.3 Å². The van der Waals surface area contributed by atoms with Gasteiger partial charge in [-0.25, -0.2) is 4.39 Å². The van der Waals surface area contributed by atoms with Crippen molar-refractivity contribution in [3.05, 3.63) is 29.6 Å². The highest BCUT2D eigenvalue weighted by Gasteiger charge is 2.31. The zero-order valence-electron chi connectivity index (χ0n) is 11.4. The monoisotopic (exact) mass is 293 g/mol. The molecule has 1 N–H and O–H groups in total. The van der Waals surface area contributed by atoms with Crippen molar-refractivity contribution in [3.63, 3.8) is 0 Å². The molecule has 0 aliphatic heterocycles. The Labute approximate surface area is 116 Å². The van der Waals surface area contributed by atoms with Gasteiger partial charge in [-0.3, -0.25) is 0 Å². The number of unbranched alkanes of at least 4 members (excludes halogenated alkanes) is 1. The molecule has 0 aliphatic rings. The Morgan fingerprint density at radius 1 is 1.15 bits per heavy atom. The van der Waals surface area contributed by atoms with Gasteiger partial charge in [-0.1, -0.05) is 13.3 Å². The van der Waals surface area contributed by atoms with Crippen LogP contribution in [-0.4, -0.2) is 19.8 Å². The zero-order chi connectivity index (χ0) is 15.0. The second kappa shape index (κ2) is 8.09. The predicted octanol–water partition coefficient (Wildman–Crippen LogP) is 4.46. The second-order valence-corrected chi connectivity index (χ2v) is 4.44. The van der Waals surface area contributed by atoms with E-state index in [1.54, 1.807) is 0 Å². The predicted molar refractivity (Wildman–Crippen MR) is 70.2 cm³/mol. The molecular formula is C14H19F4NO. The molecule has 0 saturated carbocycles. The molecule has 0 bridgehead atoms. The summed E-state index contributed by atoms with van der Waals surface area (Å²) in [5, 5.41) is 2.76. The topological polar surface area (TPSA) is 21.3 Å². The molecule has 1 aromatic rings. The Morgan fingerprint density at radius 3 is 2.45 bits per heavy atom. The molecule has 6 heteroatoms. The van der Waals surface area contributed by atoms with E-state index in [0.717, 1.165) is 25.0 Å². The van der Waals surface area contributed by atoms with Crippen molar-refractivity contribution in [2.75, 3.05) is 25.1 Å². The minimum Gasteiger partial charge on any atom is -0.383 e. The van der Waals surface area contributed by atoms with E-state index in [4.69, 9.17) is 4.74 Å². The molecule has 2 nitrogen and oxygen atoms in total. The fourth-order valence-corrected chi connectivity index (χ4v) is 1.58. The quantitative estimate of drug-likeness (QED) is 0.564. The Balaban J connectivity index is 2.34. The number of anilines is 1. The van der Waals surface area contributed by atoms with E-state index in [9.17, 15) is 17.6 Å². The number of rotatable bonds is 8. The van der Waals surface area contributed by atoms with Gasteiger partial charge >= 0.3 is 6.18 Å². The van der Waals surface area contributed by atoms with E-state index in [2.05, 4.69) is 12.2 Å². The molecule has 0 aromatic heterocycles. The smallest absolute Gasteiger partial charge is 0.383 e. The third kappa shape index (κ3) is 5.77. The van der Waals surface area contributed by atoms with E-state index in [1.807, 2.05) is 0 Å². The van der Waals surface area contributed by atoms with Crippen molar-refractivity contribution < 1.29 is 22.3 Å². The van der Waals surface area contributed by atoms with E-state index >= 15 is 0 Å². The molecule has 1 aromatic carbocycles. The Bertz CT molecular complexity index is 407. The molecule has 0 fully saturated rings. The van der Waals surface area contributed by atoms with Crippen molar-refractivity contribution in [1.82, 2.24) is 0 Å². The lowest BCUT2D eigenvalue weighted by atomic mass is 10.2. The minimum atomic E-state index is -4.52. The van der Waals surface area contributed by atoms with Gasteiger partial charge in [0, 0.05) is 19.8 Å². The molecular weight excluding hydrogens is 274 g/mol. The summed E-state index contributed by atoms with van der Waals surface area (Å²) in [6.45, 7) is 3.77. The number of nitrogens with one attached hydrogen (secondary N) is 1. The summed E-state index contributed by atoms with van der Waals surface area (Å²) in [5.41, 5.74) is -0.907. The highest BCUT2D eigenvalue weighted by atomic mass is 19.4. The standard InChI is InChI=1S/C14H19F4NO/c1-2-3-8-20-9-4-7-19-13-6-5-11(10-12(13)15)14(16,17)18/h5-6,10,19H,2-4,7-9H2,1H3. The molecule has 0 radical (unpaired) electrons. The maximum atomic E-state index is 13.5. The molecule has 0 spiro atoms. The molecule has 0 amide bonds. The average Bonchev–Trinajstić information content (AvgIpc) is 2.38. The molecule has 0 heterocycles. The van der Waals surface area contributed by atoms with Crippen LogP contribution < -0.4 is 5.32 Å². The normalized spacial score (nSPS) is 11.7. The van der Waals surface area contributed by atoms with Crippen molar-refractivity contribution in [1.29, 1.82) is 0 Å². The minimum absolute atomic E-state index is 0.0755. The first-order valence-electron chi connectivity index (χ1n) is 6.63. The van der Waals surface area contributed by atoms with Gasteiger partial charge in [0.1, 0.15) is 5.82 Å². The van der Waals surface area contributed by atoms with E-state index in [0.29, 0.717) is 32.2 Å². The first-order valence-corrected chi connectivity index (χ1v) is 6.63. The summed E-state index contributed by atoms with van der Waals surface area (Å²) < 4.78 is 55.8. The Hall–Kier alpha value is -1.30. The molecule has 0 saturated heterocycles. The largest absolute Gasteiger partial charge is 0.416 e. The van der Waals surface area contributed by atoms with E-state index in [1.165, 1.54) is 0 Å². The van der Waals surface area contributed by atoms with Crippen molar-refractivity contribution in [2.24, 2.45) is 0 Å². The lowest BCUT2D eigenvalue weighted by Crippen LogP contribution is -2.09. The van der Waals surface area contributed by atoms with E-state index in [-0.39, 0.29) is 5.69 Å². The van der Waals surface area contributed by atoms with Crippen LogP contribution in [0.5, 0.6) is 0 Å². The lowest BCUT2D eigenvalue weighted by molar-refractivity contribution is -0.137. The van der Waals surface area contributed by atoms with E-state index < -0.39 is 17.6 Å². The molecule has 0 unspecified atom stereocenters. The number of halogens is 4. The Kier molecular flexibility index (Phi) is 6.78. The van der Waals surface area contributed by atoms with Crippen LogP contribution in [0.3, 0.4) is 0 Å². The third-order valence-corrected chi connectivity index (χ3v) is 2.72. The summed E-state index contributed by atoms with van der Waals surface area (Å²) in [4.78, 5) is 0. The second-order valence-electron chi connectivity index (χ2n) is 4.44. The zero-order valence-corrected chi connectivity index (χ0v) is 11.4. The first-order chi connectivity index (χ1) is 9.45. The number of alkyl halides is 3. The van der Waals surface area contributed by atoms with Crippen LogP contribution in [0.1, 0.15) is 31.7 Å². The maximum absolute atomic E-state index is 13.5. The first kappa shape index (κ1) is 16.8. The fraction of sp³-hybridized carbons (Fsp3) is 0.571. The van der Waals surface area contributed by atoms with Crippen LogP contribution >= 0.6 is 0 Å². The number of ether oxygens (including phenoxy) is 1. The molecule has 0 atom stereocenters. The van der Waals surface area contributed by atoms with Gasteiger partial charge in [0.2, 0.25) is 0 Å². The van der Waals surface area contributed by atoms with Crippen molar-refractivity contribution >= 4 is 5.69 Å². The van der Waals surface area contributed by atoms with Crippen molar-refractivity contribution in [2.45, 2.75) is 32.4 Å². The Morgan fingerprint density at radius 2 is 1.85 bits per heavy atom. The average molecular weight is 293 g/mol. The summed E-state index contributed by atoms with van der Waals surface area (Å²) >= 11 is 0. The molecule has 20 heavy (non-hydrogen) atoms. The van der Waals surface area contributed by atoms with Gasteiger partial charge in [-0.15, -0.1) is 0 Å². The number of benzene rings is 1.